The number of fused-ring (bicyclic) bond motifs is 1. The number of H-pyrrole nitrogens is 1. The van der Waals surface area contributed by atoms with Gasteiger partial charge in [0.2, 0.25) is 0 Å². The van der Waals surface area contributed by atoms with Gasteiger partial charge in [0.05, 0.1) is 18.3 Å². The predicted octanol–water partition coefficient (Wildman–Crippen LogP) is 4.98. The maximum absolute atomic E-state index is 12.5. The summed E-state index contributed by atoms with van der Waals surface area (Å²) in [6.07, 6.45) is 3.85. The standard InChI is InChI=1S/C29H46N4O3/c1-19(2)14-24(32-26(35)36-28(6,7)8)25(34)18-30-29(13-12-23-20(16-29)17-31-33-23)22-11-9-10-21(15-22)27(3,4)5/h9-11,15,17,19,24-25,30,34H,12-14,16,18H2,1-8H3,(H,31,33)(H,32,35)/t24-,25+,29?/m0/s1. The first kappa shape index (κ1) is 28.2. The first-order valence-corrected chi connectivity index (χ1v) is 13.2. The van der Waals surface area contributed by atoms with Gasteiger partial charge in [-0.3, -0.25) is 5.10 Å². The predicted molar refractivity (Wildman–Crippen MR) is 144 cm³/mol. The molecule has 1 unspecified atom stereocenters. The van der Waals surface area contributed by atoms with E-state index < -0.39 is 23.8 Å². The van der Waals surface area contributed by atoms with Crippen LogP contribution in [0.3, 0.4) is 0 Å². The highest BCUT2D eigenvalue weighted by Gasteiger charge is 2.38. The van der Waals surface area contributed by atoms with Crippen LogP contribution in [0, 0.1) is 5.92 Å². The molecule has 0 spiro atoms. The molecule has 1 heterocycles. The molecule has 1 aromatic carbocycles. The van der Waals surface area contributed by atoms with Crippen molar-refractivity contribution in [3.8, 4) is 0 Å². The normalized spacial score (nSPS) is 20.1. The van der Waals surface area contributed by atoms with Gasteiger partial charge in [-0.05, 0) is 74.5 Å². The average molecular weight is 499 g/mol. The number of carbonyl (C=O) groups is 1. The SMILES string of the molecule is CC(C)C[C@H](NC(=O)OC(C)(C)C)[C@H](O)CNC1(c2cccc(C(C)(C)C)c2)CCc2[nH]ncc2C1. The lowest BCUT2D eigenvalue weighted by atomic mass is 9.74. The van der Waals surface area contributed by atoms with Crippen LogP contribution >= 0.6 is 0 Å². The number of aliphatic hydroxyl groups excluding tert-OH is 1. The van der Waals surface area contributed by atoms with Crippen molar-refractivity contribution in [2.75, 3.05) is 6.54 Å². The minimum atomic E-state index is -0.770. The van der Waals surface area contributed by atoms with Gasteiger partial charge in [0, 0.05) is 17.8 Å². The van der Waals surface area contributed by atoms with Gasteiger partial charge in [-0.1, -0.05) is 58.9 Å². The van der Waals surface area contributed by atoms with Gasteiger partial charge in [-0.2, -0.15) is 5.10 Å². The van der Waals surface area contributed by atoms with E-state index in [2.05, 4.69) is 79.7 Å². The number of aromatic nitrogens is 2. The number of benzene rings is 1. The molecule has 1 aliphatic carbocycles. The van der Waals surface area contributed by atoms with Gasteiger partial charge in [-0.25, -0.2) is 4.79 Å². The molecule has 3 rings (SSSR count). The molecule has 1 aliphatic rings. The molecule has 1 aromatic heterocycles. The summed E-state index contributed by atoms with van der Waals surface area (Å²) >= 11 is 0. The van der Waals surface area contributed by atoms with Crippen LogP contribution < -0.4 is 10.6 Å². The number of hydrogen-bond donors (Lipinski definition) is 4. The third kappa shape index (κ3) is 7.32. The summed E-state index contributed by atoms with van der Waals surface area (Å²) in [5.74, 6) is 0.306. The number of rotatable bonds is 8. The highest BCUT2D eigenvalue weighted by Crippen LogP contribution is 2.37. The molecule has 200 valence electrons. The fourth-order valence-electron chi connectivity index (χ4n) is 4.96. The summed E-state index contributed by atoms with van der Waals surface area (Å²) < 4.78 is 5.47. The van der Waals surface area contributed by atoms with E-state index in [-0.39, 0.29) is 11.0 Å². The van der Waals surface area contributed by atoms with Gasteiger partial charge >= 0.3 is 6.09 Å². The quantitative estimate of drug-likeness (QED) is 0.411. The third-order valence-corrected chi connectivity index (χ3v) is 6.92. The summed E-state index contributed by atoms with van der Waals surface area (Å²) in [6.45, 7) is 16.7. The molecule has 0 bridgehead atoms. The second kappa shape index (κ2) is 10.9. The van der Waals surface area contributed by atoms with E-state index >= 15 is 0 Å². The van der Waals surface area contributed by atoms with E-state index in [4.69, 9.17) is 4.74 Å². The fourth-order valence-corrected chi connectivity index (χ4v) is 4.96. The van der Waals surface area contributed by atoms with Gasteiger partial charge < -0.3 is 20.5 Å². The van der Waals surface area contributed by atoms with Crippen molar-refractivity contribution in [1.29, 1.82) is 0 Å². The van der Waals surface area contributed by atoms with Crippen molar-refractivity contribution in [1.82, 2.24) is 20.8 Å². The van der Waals surface area contributed by atoms with Gasteiger partial charge in [0.15, 0.2) is 0 Å². The fraction of sp³-hybridized carbons (Fsp3) is 0.655. The molecule has 1 amide bonds. The number of nitrogens with one attached hydrogen (secondary N) is 3. The number of alkyl carbamates (subject to hydrolysis) is 1. The van der Waals surface area contributed by atoms with Gasteiger partial charge in [0.1, 0.15) is 5.60 Å². The van der Waals surface area contributed by atoms with Crippen LogP contribution in [0.25, 0.3) is 0 Å². The lowest BCUT2D eigenvalue weighted by Crippen LogP contribution is -2.54. The highest BCUT2D eigenvalue weighted by atomic mass is 16.6. The van der Waals surface area contributed by atoms with Crippen molar-refractivity contribution in [3.05, 3.63) is 52.8 Å². The van der Waals surface area contributed by atoms with Gasteiger partial charge in [0.25, 0.3) is 0 Å². The van der Waals surface area contributed by atoms with E-state index in [1.54, 1.807) is 0 Å². The Bertz CT molecular complexity index is 1020. The zero-order chi connectivity index (χ0) is 26.7. The molecule has 0 aliphatic heterocycles. The smallest absolute Gasteiger partial charge is 0.407 e. The Kier molecular flexibility index (Phi) is 8.56. The maximum Gasteiger partial charge on any atom is 0.407 e. The number of hydrogen-bond acceptors (Lipinski definition) is 5. The van der Waals surface area contributed by atoms with Crippen molar-refractivity contribution >= 4 is 6.09 Å². The number of amides is 1. The Balaban J connectivity index is 1.84. The summed E-state index contributed by atoms with van der Waals surface area (Å²) in [5, 5.41) is 25.4. The van der Waals surface area contributed by atoms with Crippen LogP contribution in [-0.4, -0.2) is 45.7 Å². The van der Waals surface area contributed by atoms with E-state index in [1.807, 2.05) is 27.0 Å². The number of ether oxygens (including phenoxy) is 1. The van der Waals surface area contributed by atoms with E-state index in [9.17, 15) is 9.90 Å². The Morgan fingerprint density at radius 1 is 1.22 bits per heavy atom. The van der Waals surface area contributed by atoms with Crippen molar-refractivity contribution in [2.24, 2.45) is 5.92 Å². The average Bonchev–Trinajstić information content (AvgIpc) is 3.22. The molecular formula is C29H46N4O3. The molecule has 0 saturated carbocycles. The molecule has 7 heteroatoms. The van der Waals surface area contributed by atoms with Crippen LogP contribution in [-0.2, 0) is 28.5 Å². The molecule has 36 heavy (non-hydrogen) atoms. The minimum Gasteiger partial charge on any atom is -0.444 e. The van der Waals surface area contributed by atoms with Gasteiger partial charge in [-0.15, -0.1) is 0 Å². The molecule has 2 aromatic rings. The second-order valence-corrected chi connectivity index (χ2v) is 12.8. The van der Waals surface area contributed by atoms with Crippen LogP contribution in [0.15, 0.2) is 30.5 Å². The van der Waals surface area contributed by atoms with E-state index in [1.165, 1.54) is 22.4 Å². The zero-order valence-electron chi connectivity index (χ0n) is 23.4. The van der Waals surface area contributed by atoms with Crippen LogP contribution in [0.5, 0.6) is 0 Å². The number of nitrogens with zero attached hydrogens (tertiary/aromatic N) is 1. The lowest BCUT2D eigenvalue weighted by Gasteiger charge is -2.40. The first-order valence-electron chi connectivity index (χ1n) is 13.2. The van der Waals surface area contributed by atoms with E-state index in [0.717, 1.165) is 19.3 Å². The lowest BCUT2D eigenvalue weighted by molar-refractivity contribution is 0.0390. The summed E-state index contributed by atoms with van der Waals surface area (Å²) in [6, 6.07) is 8.38. The molecule has 0 fully saturated rings. The summed E-state index contributed by atoms with van der Waals surface area (Å²) in [5.41, 5.74) is 3.99. The van der Waals surface area contributed by atoms with E-state index in [0.29, 0.717) is 18.9 Å². The third-order valence-electron chi connectivity index (χ3n) is 6.92. The van der Waals surface area contributed by atoms with Crippen molar-refractivity contribution in [2.45, 2.75) is 110 Å². The maximum atomic E-state index is 12.5. The summed E-state index contributed by atoms with van der Waals surface area (Å²) in [4.78, 5) is 12.5. The topological polar surface area (TPSA) is 99.3 Å². The first-order chi connectivity index (χ1) is 16.7. The number of carbonyl (C=O) groups excluding carboxylic acids is 1. The molecular weight excluding hydrogens is 452 g/mol. The number of aryl methyl sites for hydroxylation is 1. The molecule has 0 saturated heterocycles. The summed E-state index contributed by atoms with van der Waals surface area (Å²) in [7, 11) is 0. The Labute approximate surface area is 216 Å². The number of aliphatic hydroxyl groups is 1. The van der Waals surface area contributed by atoms with Crippen LogP contribution in [0.2, 0.25) is 0 Å². The van der Waals surface area contributed by atoms with Crippen molar-refractivity contribution in [3.63, 3.8) is 0 Å². The monoisotopic (exact) mass is 498 g/mol. The Morgan fingerprint density at radius 2 is 1.94 bits per heavy atom. The van der Waals surface area contributed by atoms with Crippen LogP contribution in [0.1, 0.15) is 90.6 Å². The minimum absolute atomic E-state index is 0.0336. The largest absolute Gasteiger partial charge is 0.444 e. The molecule has 3 atom stereocenters. The number of aromatic amines is 1. The zero-order valence-corrected chi connectivity index (χ0v) is 23.4. The molecule has 0 radical (unpaired) electrons. The molecule has 4 N–H and O–H groups in total. The highest BCUT2D eigenvalue weighted by molar-refractivity contribution is 5.68. The second-order valence-electron chi connectivity index (χ2n) is 12.8. The molecule has 7 nitrogen and oxygen atoms in total. The Hall–Kier alpha value is -2.38. The van der Waals surface area contributed by atoms with Crippen molar-refractivity contribution < 1.29 is 14.6 Å². The Morgan fingerprint density at radius 3 is 2.58 bits per heavy atom. The van der Waals surface area contributed by atoms with Crippen LogP contribution in [0.4, 0.5) is 4.79 Å².